The Morgan fingerprint density at radius 2 is 1.90 bits per heavy atom. The second-order valence-electron chi connectivity index (χ2n) is 5.18. The number of alkyl halides is 3. The number of fused-ring (bicyclic) bond motifs is 1. The molecule has 0 saturated heterocycles. The lowest BCUT2D eigenvalue weighted by molar-refractivity contribution is -0.137. The zero-order valence-corrected chi connectivity index (χ0v) is 11.7. The summed E-state index contributed by atoms with van der Waals surface area (Å²) in [4.78, 5) is 4.37. The SMILES string of the molecule is FC(F)(F)c1ccc2nc(NC3CCCCC3)sc2c1. The Morgan fingerprint density at radius 3 is 2.60 bits per heavy atom. The van der Waals surface area contributed by atoms with Crippen LogP contribution < -0.4 is 5.32 Å². The van der Waals surface area contributed by atoms with Crippen molar-refractivity contribution in [2.75, 3.05) is 5.32 Å². The highest BCUT2D eigenvalue weighted by Crippen LogP contribution is 2.35. The first kappa shape index (κ1) is 13.7. The third kappa shape index (κ3) is 2.90. The average Bonchev–Trinajstić information content (AvgIpc) is 2.80. The number of thiazole rings is 1. The smallest absolute Gasteiger partial charge is 0.359 e. The minimum Gasteiger partial charge on any atom is -0.359 e. The predicted octanol–water partition coefficient (Wildman–Crippen LogP) is 5.06. The molecule has 0 amide bonds. The molecule has 1 aliphatic rings. The molecule has 0 bridgehead atoms. The molecule has 0 unspecified atom stereocenters. The highest BCUT2D eigenvalue weighted by molar-refractivity contribution is 7.22. The lowest BCUT2D eigenvalue weighted by atomic mass is 9.96. The van der Waals surface area contributed by atoms with E-state index in [1.165, 1.54) is 42.7 Å². The molecule has 1 aromatic carbocycles. The number of hydrogen-bond acceptors (Lipinski definition) is 3. The van der Waals surface area contributed by atoms with Gasteiger partial charge in [-0.15, -0.1) is 0 Å². The van der Waals surface area contributed by atoms with E-state index in [-0.39, 0.29) is 0 Å². The minimum atomic E-state index is -4.30. The van der Waals surface area contributed by atoms with Crippen molar-refractivity contribution in [2.45, 2.75) is 44.3 Å². The Morgan fingerprint density at radius 1 is 1.15 bits per heavy atom. The van der Waals surface area contributed by atoms with Gasteiger partial charge in [0.25, 0.3) is 0 Å². The van der Waals surface area contributed by atoms with Gasteiger partial charge in [-0.05, 0) is 31.0 Å². The van der Waals surface area contributed by atoms with E-state index in [4.69, 9.17) is 0 Å². The maximum Gasteiger partial charge on any atom is 0.416 e. The van der Waals surface area contributed by atoms with Crippen molar-refractivity contribution in [3.8, 4) is 0 Å². The first-order valence-corrected chi connectivity index (χ1v) is 7.58. The molecule has 1 N–H and O–H groups in total. The summed E-state index contributed by atoms with van der Waals surface area (Å²) in [5, 5.41) is 4.08. The quantitative estimate of drug-likeness (QED) is 0.838. The van der Waals surface area contributed by atoms with Crippen LogP contribution in [-0.2, 0) is 6.18 Å². The van der Waals surface area contributed by atoms with E-state index >= 15 is 0 Å². The molecular weight excluding hydrogens is 285 g/mol. The molecule has 1 saturated carbocycles. The average molecular weight is 300 g/mol. The van der Waals surface area contributed by atoms with Crippen molar-refractivity contribution in [2.24, 2.45) is 0 Å². The van der Waals surface area contributed by atoms with Crippen LogP contribution in [0, 0.1) is 0 Å². The van der Waals surface area contributed by atoms with Gasteiger partial charge in [0.15, 0.2) is 5.13 Å². The first-order chi connectivity index (χ1) is 9.52. The van der Waals surface area contributed by atoms with Gasteiger partial charge in [-0.25, -0.2) is 4.98 Å². The van der Waals surface area contributed by atoms with Gasteiger partial charge < -0.3 is 5.32 Å². The molecule has 2 nitrogen and oxygen atoms in total. The third-order valence-electron chi connectivity index (χ3n) is 3.65. The topological polar surface area (TPSA) is 24.9 Å². The normalized spacial score (nSPS) is 17.6. The molecule has 1 aromatic heterocycles. The molecule has 2 aromatic rings. The van der Waals surface area contributed by atoms with Crippen molar-refractivity contribution in [1.82, 2.24) is 4.98 Å². The Balaban J connectivity index is 1.83. The van der Waals surface area contributed by atoms with E-state index in [0.29, 0.717) is 16.3 Å². The van der Waals surface area contributed by atoms with Crippen molar-refractivity contribution >= 4 is 26.7 Å². The lowest BCUT2D eigenvalue weighted by Crippen LogP contribution is -2.21. The zero-order chi connectivity index (χ0) is 14.2. The molecule has 0 aliphatic heterocycles. The molecule has 3 rings (SSSR count). The zero-order valence-electron chi connectivity index (χ0n) is 10.8. The third-order valence-corrected chi connectivity index (χ3v) is 4.60. The van der Waals surface area contributed by atoms with E-state index in [1.807, 2.05) is 0 Å². The first-order valence-electron chi connectivity index (χ1n) is 6.77. The van der Waals surface area contributed by atoms with Crippen LogP contribution in [0.15, 0.2) is 18.2 Å². The highest BCUT2D eigenvalue weighted by Gasteiger charge is 2.30. The van der Waals surface area contributed by atoms with Crippen molar-refractivity contribution < 1.29 is 13.2 Å². The monoisotopic (exact) mass is 300 g/mol. The van der Waals surface area contributed by atoms with Gasteiger partial charge in [0.2, 0.25) is 0 Å². The molecule has 0 spiro atoms. The second-order valence-corrected chi connectivity index (χ2v) is 6.21. The number of aromatic nitrogens is 1. The number of anilines is 1. The molecule has 20 heavy (non-hydrogen) atoms. The number of nitrogens with zero attached hydrogens (tertiary/aromatic N) is 1. The van der Waals surface area contributed by atoms with Crippen molar-refractivity contribution in [3.63, 3.8) is 0 Å². The summed E-state index contributed by atoms with van der Waals surface area (Å²) in [6.07, 6.45) is 1.62. The van der Waals surface area contributed by atoms with Crippen LogP contribution in [0.5, 0.6) is 0 Å². The Hall–Kier alpha value is -1.30. The van der Waals surface area contributed by atoms with E-state index < -0.39 is 11.7 Å². The van der Waals surface area contributed by atoms with Gasteiger partial charge in [-0.2, -0.15) is 13.2 Å². The molecule has 108 valence electrons. The summed E-state index contributed by atoms with van der Waals surface area (Å²) in [5.41, 5.74) is 0.0131. The van der Waals surface area contributed by atoms with Gasteiger partial charge >= 0.3 is 6.18 Å². The number of hydrogen-bond donors (Lipinski definition) is 1. The summed E-state index contributed by atoms with van der Waals surface area (Å²) < 4.78 is 38.6. The number of nitrogens with one attached hydrogen (secondary N) is 1. The fraction of sp³-hybridized carbons (Fsp3) is 0.500. The van der Waals surface area contributed by atoms with E-state index in [1.54, 1.807) is 0 Å². The fourth-order valence-corrected chi connectivity index (χ4v) is 3.57. The van der Waals surface area contributed by atoms with Crippen LogP contribution in [0.2, 0.25) is 0 Å². The van der Waals surface area contributed by atoms with Gasteiger partial charge in [0, 0.05) is 6.04 Å². The van der Waals surface area contributed by atoms with Gasteiger partial charge in [0.1, 0.15) is 0 Å². The van der Waals surface area contributed by atoms with E-state index in [9.17, 15) is 13.2 Å². The van der Waals surface area contributed by atoms with Crippen LogP contribution in [0.3, 0.4) is 0 Å². The number of benzene rings is 1. The van der Waals surface area contributed by atoms with Crippen LogP contribution in [0.25, 0.3) is 10.2 Å². The van der Waals surface area contributed by atoms with Crippen molar-refractivity contribution in [3.05, 3.63) is 23.8 Å². The van der Waals surface area contributed by atoms with Gasteiger partial charge in [-0.3, -0.25) is 0 Å². The molecule has 0 radical (unpaired) electrons. The van der Waals surface area contributed by atoms with E-state index in [0.717, 1.165) is 24.0 Å². The minimum absolute atomic E-state index is 0.409. The molecule has 1 aliphatic carbocycles. The number of rotatable bonds is 2. The Kier molecular flexibility index (Phi) is 3.58. The van der Waals surface area contributed by atoms with Crippen molar-refractivity contribution in [1.29, 1.82) is 0 Å². The molecule has 6 heteroatoms. The Labute approximate surface area is 119 Å². The predicted molar refractivity (Wildman–Crippen MR) is 75.1 cm³/mol. The maximum absolute atomic E-state index is 12.7. The second kappa shape index (κ2) is 5.24. The van der Waals surface area contributed by atoms with Crippen LogP contribution in [-0.4, -0.2) is 11.0 Å². The fourth-order valence-electron chi connectivity index (χ4n) is 2.58. The van der Waals surface area contributed by atoms with E-state index in [2.05, 4.69) is 10.3 Å². The van der Waals surface area contributed by atoms with Crippen LogP contribution in [0.1, 0.15) is 37.7 Å². The Bertz CT molecular complexity index is 600. The maximum atomic E-state index is 12.7. The lowest BCUT2D eigenvalue weighted by Gasteiger charge is -2.22. The summed E-state index contributed by atoms with van der Waals surface area (Å²) >= 11 is 1.30. The molecule has 0 atom stereocenters. The molecular formula is C14H15F3N2S. The largest absolute Gasteiger partial charge is 0.416 e. The summed E-state index contributed by atoms with van der Waals surface area (Å²) in [6.45, 7) is 0. The standard InChI is InChI=1S/C14H15F3N2S/c15-14(16,17)9-6-7-11-12(8-9)20-13(19-11)18-10-4-2-1-3-5-10/h6-8,10H,1-5H2,(H,18,19). The summed E-state index contributed by atoms with van der Waals surface area (Å²) in [5.74, 6) is 0. The molecule has 1 heterocycles. The van der Waals surface area contributed by atoms with Gasteiger partial charge in [0.05, 0.1) is 15.8 Å². The summed E-state index contributed by atoms with van der Waals surface area (Å²) in [6, 6.07) is 4.12. The van der Waals surface area contributed by atoms with Gasteiger partial charge in [-0.1, -0.05) is 30.6 Å². The summed E-state index contributed by atoms with van der Waals surface area (Å²) in [7, 11) is 0. The van der Waals surface area contributed by atoms with Crippen LogP contribution in [0.4, 0.5) is 18.3 Å². The number of halogens is 3. The highest BCUT2D eigenvalue weighted by atomic mass is 32.1. The molecule has 1 fully saturated rings. The van der Waals surface area contributed by atoms with Crippen LogP contribution >= 0.6 is 11.3 Å².